The lowest BCUT2D eigenvalue weighted by atomic mass is 10.1. The van der Waals surface area contributed by atoms with E-state index in [4.69, 9.17) is 4.74 Å². The Balaban J connectivity index is 2.35. The monoisotopic (exact) mass is 200 g/mol. The summed E-state index contributed by atoms with van der Waals surface area (Å²) < 4.78 is 5.09. The summed E-state index contributed by atoms with van der Waals surface area (Å²) in [5.41, 5.74) is 0. The molecule has 1 aliphatic rings. The molecule has 0 radical (unpaired) electrons. The topological polar surface area (TPSA) is 24.5 Å². The van der Waals surface area contributed by atoms with Gasteiger partial charge in [-0.1, -0.05) is 0 Å². The second-order valence-electron chi connectivity index (χ2n) is 4.28. The molecule has 0 saturated carbocycles. The molecule has 1 N–H and O–H groups in total. The van der Waals surface area contributed by atoms with Gasteiger partial charge in [-0.25, -0.2) is 0 Å². The van der Waals surface area contributed by atoms with E-state index in [1.54, 1.807) is 7.11 Å². The lowest BCUT2D eigenvalue weighted by Crippen LogP contribution is -2.42. The zero-order chi connectivity index (χ0) is 10.4. The van der Waals surface area contributed by atoms with Gasteiger partial charge in [-0.05, 0) is 33.2 Å². The third-order valence-electron chi connectivity index (χ3n) is 3.08. The highest BCUT2D eigenvalue weighted by Gasteiger charge is 2.21. The van der Waals surface area contributed by atoms with Crippen LogP contribution in [-0.2, 0) is 4.74 Å². The van der Waals surface area contributed by atoms with Gasteiger partial charge in [-0.2, -0.15) is 0 Å². The molecule has 2 atom stereocenters. The molecule has 84 valence electrons. The van der Waals surface area contributed by atoms with Crippen molar-refractivity contribution in [1.29, 1.82) is 0 Å². The molecule has 0 aromatic rings. The summed E-state index contributed by atoms with van der Waals surface area (Å²) >= 11 is 0. The van der Waals surface area contributed by atoms with Crippen molar-refractivity contribution in [3.8, 4) is 0 Å². The first-order chi connectivity index (χ1) is 6.75. The molecule has 3 nitrogen and oxygen atoms in total. The maximum absolute atomic E-state index is 5.09. The van der Waals surface area contributed by atoms with Crippen LogP contribution in [0.3, 0.4) is 0 Å². The van der Waals surface area contributed by atoms with Crippen molar-refractivity contribution in [3.63, 3.8) is 0 Å². The van der Waals surface area contributed by atoms with Crippen molar-refractivity contribution in [2.45, 2.75) is 38.8 Å². The van der Waals surface area contributed by atoms with Gasteiger partial charge >= 0.3 is 0 Å². The number of methoxy groups -OCH3 is 1. The van der Waals surface area contributed by atoms with Crippen LogP contribution in [0.5, 0.6) is 0 Å². The lowest BCUT2D eigenvalue weighted by molar-refractivity contribution is 0.130. The molecule has 14 heavy (non-hydrogen) atoms. The second-order valence-corrected chi connectivity index (χ2v) is 4.28. The lowest BCUT2D eigenvalue weighted by Gasteiger charge is -2.31. The Kier molecular flexibility index (Phi) is 5.45. The number of rotatable bonds is 4. The van der Waals surface area contributed by atoms with Crippen LogP contribution in [0.4, 0.5) is 0 Å². The first kappa shape index (κ1) is 12.0. The summed E-state index contributed by atoms with van der Waals surface area (Å²) in [5, 5.41) is 3.47. The molecule has 2 unspecified atom stereocenters. The summed E-state index contributed by atoms with van der Waals surface area (Å²) in [7, 11) is 1.77. The van der Waals surface area contributed by atoms with E-state index >= 15 is 0 Å². The van der Waals surface area contributed by atoms with Gasteiger partial charge in [0.1, 0.15) is 0 Å². The first-order valence-corrected chi connectivity index (χ1v) is 5.71. The standard InChI is InChI=1S/C11H24N2O/c1-10-5-6-12-9-11(2)13(10)7-4-8-14-3/h10-12H,4-9H2,1-3H3. The largest absolute Gasteiger partial charge is 0.385 e. The van der Waals surface area contributed by atoms with E-state index in [2.05, 4.69) is 24.1 Å². The van der Waals surface area contributed by atoms with Gasteiger partial charge in [0.2, 0.25) is 0 Å². The van der Waals surface area contributed by atoms with Crippen LogP contribution >= 0.6 is 0 Å². The predicted molar refractivity (Wildman–Crippen MR) is 59.6 cm³/mol. The molecule has 1 fully saturated rings. The van der Waals surface area contributed by atoms with Crippen LogP contribution in [0, 0.1) is 0 Å². The van der Waals surface area contributed by atoms with Crippen molar-refractivity contribution in [3.05, 3.63) is 0 Å². The smallest absolute Gasteiger partial charge is 0.0474 e. The normalized spacial score (nSPS) is 30.2. The Morgan fingerprint density at radius 2 is 2.14 bits per heavy atom. The van der Waals surface area contributed by atoms with Crippen molar-refractivity contribution in [2.75, 3.05) is 33.4 Å². The molecule has 0 amide bonds. The van der Waals surface area contributed by atoms with E-state index < -0.39 is 0 Å². The highest BCUT2D eigenvalue weighted by Crippen LogP contribution is 2.11. The SMILES string of the molecule is COCCCN1C(C)CCNCC1C. The third-order valence-corrected chi connectivity index (χ3v) is 3.08. The fraction of sp³-hybridized carbons (Fsp3) is 1.00. The van der Waals surface area contributed by atoms with E-state index in [0.717, 1.165) is 32.7 Å². The molecule has 0 bridgehead atoms. The number of hydrogen-bond donors (Lipinski definition) is 1. The summed E-state index contributed by atoms with van der Waals surface area (Å²) in [6, 6.07) is 1.36. The fourth-order valence-electron chi connectivity index (χ4n) is 2.17. The van der Waals surface area contributed by atoms with Gasteiger partial charge in [0.25, 0.3) is 0 Å². The minimum Gasteiger partial charge on any atom is -0.385 e. The molecule has 0 aromatic carbocycles. The fourth-order valence-corrected chi connectivity index (χ4v) is 2.17. The average Bonchev–Trinajstić information content (AvgIpc) is 2.32. The predicted octanol–water partition coefficient (Wildman–Crippen LogP) is 1.10. The summed E-state index contributed by atoms with van der Waals surface area (Å²) in [5.74, 6) is 0. The summed E-state index contributed by atoms with van der Waals surface area (Å²) in [6.07, 6.45) is 2.41. The molecule has 3 heteroatoms. The number of hydrogen-bond acceptors (Lipinski definition) is 3. The van der Waals surface area contributed by atoms with Crippen LogP contribution < -0.4 is 5.32 Å². The molecule has 1 saturated heterocycles. The first-order valence-electron chi connectivity index (χ1n) is 5.71. The van der Waals surface area contributed by atoms with Crippen LogP contribution in [-0.4, -0.2) is 50.3 Å². The molecule has 0 spiro atoms. The van der Waals surface area contributed by atoms with E-state index in [1.807, 2.05) is 0 Å². The van der Waals surface area contributed by atoms with Gasteiger partial charge in [0.15, 0.2) is 0 Å². The quantitative estimate of drug-likeness (QED) is 0.688. The van der Waals surface area contributed by atoms with Gasteiger partial charge in [-0.15, -0.1) is 0 Å². The Morgan fingerprint density at radius 1 is 1.36 bits per heavy atom. The van der Waals surface area contributed by atoms with Crippen LogP contribution in [0.1, 0.15) is 26.7 Å². The maximum atomic E-state index is 5.09. The van der Waals surface area contributed by atoms with Crippen LogP contribution in [0.15, 0.2) is 0 Å². The average molecular weight is 200 g/mol. The van der Waals surface area contributed by atoms with E-state index in [-0.39, 0.29) is 0 Å². The molecule has 1 heterocycles. The van der Waals surface area contributed by atoms with Gasteiger partial charge in [-0.3, -0.25) is 4.90 Å². The third kappa shape index (κ3) is 3.56. The molecule has 0 aliphatic carbocycles. The van der Waals surface area contributed by atoms with Gasteiger partial charge < -0.3 is 10.1 Å². The number of ether oxygens (including phenoxy) is 1. The van der Waals surface area contributed by atoms with Crippen molar-refractivity contribution < 1.29 is 4.74 Å². The van der Waals surface area contributed by atoms with Crippen molar-refractivity contribution >= 4 is 0 Å². The maximum Gasteiger partial charge on any atom is 0.0474 e. The van der Waals surface area contributed by atoms with E-state index in [9.17, 15) is 0 Å². The number of nitrogens with one attached hydrogen (secondary N) is 1. The Morgan fingerprint density at radius 3 is 2.86 bits per heavy atom. The van der Waals surface area contributed by atoms with Crippen LogP contribution in [0.2, 0.25) is 0 Å². The number of nitrogens with zero attached hydrogens (tertiary/aromatic N) is 1. The minimum absolute atomic E-state index is 0.657. The molecular weight excluding hydrogens is 176 g/mol. The van der Waals surface area contributed by atoms with Gasteiger partial charge in [0.05, 0.1) is 0 Å². The summed E-state index contributed by atoms with van der Waals surface area (Å²) in [4.78, 5) is 2.60. The zero-order valence-electron chi connectivity index (χ0n) is 9.75. The molecule has 1 aliphatic heterocycles. The molecule has 1 rings (SSSR count). The zero-order valence-corrected chi connectivity index (χ0v) is 9.75. The van der Waals surface area contributed by atoms with Crippen molar-refractivity contribution in [2.24, 2.45) is 0 Å². The van der Waals surface area contributed by atoms with Crippen molar-refractivity contribution in [1.82, 2.24) is 10.2 Å². The molecular formula is C11H24N2O. The summed E-state index contributed by atoms with van der Waals surface area (Å²) in [6.45, 7) is 8.96. The minimum atomic E-state index is 0.657. The Labute approximate surface area is 87.8 Å². The Hall–Kier alpha value is -0.120. The second kappa shape index (κ2) is 6.38. The van der Waals surface area contributed by atoms with Crippen LogP contribution in [0.25, 0.3) is 0 Å². The van der Waals surface area contributed by atoms with E-state index in [1.165, 1.54) is 6.42 Å². The highest BCUT2D eigenvalue weighted by atomic mass is 16.5. The Bertz CT molecular complexity index is 140. The van der Waals surface area contributed by atoms with Gasteiger partial charge in [0, 0.05) is 38.9 Å². The highest BCUT2D eigenvalue weighted by molar-refractivity contribution is 4.79. The van der Waals surface area contributed by atoms with E-state index in [0.29, 0.717) is 12.1 Å². The molecule has 0 aromatic heterocycles.